The van der Waals surface area contributed by atoms with Crippen LogP contribution in [0.2, 0.25) is 0 Å². The highest BCUT2D eigenvalue weighted by atomic mass is 32.1. The third-order valence-corrected chi connectivity index (χ3v) is 15.3. The smallest absolute Gasteiger partial charge is 0.431 e. The number of aliphatic imine (C=N–C) groups is 1. The lowest BCUT2D eigenvalue weighted by molar-refractivity contribution is -0.296. The molecule has 1 amide bonds. The van der Waals surface area contributed by atoms with Crippen molar-refractivity contribution >= 4 is 54.0 Å². The van der Waals surface area contributed by atoms with Gasteiger partial charge in [-0.2, -0.15) is 0 Å². The van der Waals surface area contributed by atoms with Gasteiger partial charge in [0.1, 0.15) is 34.3 Å². The standard InChI is InChI=1S/C48H74FN6O14PS/c1-13-16-19-66-70(61,62)54-36-26-71-43(51-36)31-17-18-32(50-22-31)25-65-53-33-23-63-42-29(6)38(52-37(56)15-3)27(4)21-46(8,64-24-33)41(69-44-39(57)34(55(11)12)20-28(5)67-44)30(7)40(58)47(9,49)45(59)68-35(14-2)48(42,10)60/h17-18,22,26-30,34-35,39,41-42,44,57,60H,13-16,19-21,23-25H2,1-12H3,(H2,54,61,62)/b52-38+,53-33+/t27-,28-,29+,30+,34+,35-,39-,41-,42-,44+,46-,47+,48-/m1/s1. The number of carbonyl (C=O) groups is 3. The van der Waals surface area contributed by atoms with Crippen molar-refractivity contribution in [3.63, 3.8) is 0 Å². The van der Waals surface area contributed by atoms with Crippen LogP contribution in [0.1, 0.15) is 113 Å². The van der Waals surface area contributed by atoms with Gasteiger partial charge in [0.2, 0.25) is 5.91 Å². The van der Waals surface area contributed by atoms with Crippen molar-refractivity contribution in [2.24, 2.45) is 27.9 Å². The number of carbonyl (C=O) groups excluding carboxylic acids is 3. The monoisotopic (exact) mass is 1040 g/mol. The summed E-state index contributed by atoms with van der Waals surface area (Å²) in [4.78, 5) is 73.1. The summed E-state index contributed by atoms with van der Waals surface area (Å²) in [6.45, 7) is 15.1. The van der Waals surface area contributed by atoms with Crippen molar-refractivity contribution in [1.29, 1.82) is 0 Å². The van der Waals surface area contributed by atoms with E-state index in [1.165, 1.54) is 25.2 Å². The molecular weight excluding hydrogens is 967 g/mol. The van der Waals surface area contributed by atoms with Crippen LogP contribution in [0.4, 0.5) is 10.2 Å². The summed E-state index contributed by atoms with van der Waals surface area (Å²) in [5, 5.41) is 33.2. The van der Waals surface area contributed by atoms with Crippen LogP contribution in [0.15, 0.2) is 33.9 Å². The van der Waals surface area contributed by atoms with E-state index in [-0.39, 0.29) is 57.2 Å². The zero-order chi connectivity index (χ0) is 52.6. The van der Waals surface area contributed by atoms with Gasteiger partial charge < -0.3 is 48.5 Å². The van der Waals surface area contributed by atoms with Gasteiger partial charge in [-0.3, -0.25) is 24.2 Å². The minimum absolute atomic E-state index is 0.0302. The van der Waals surface area contributed by atoms with Crippen LogP contribution in [0.25, 0.3) is 10.6 Å². The number of aliphatic hydroxyl groups excluding tert-OH is 1. The predicted octanol–water partition coefficient (Wildman–Crippen LogP) is 6.45. The number of aliphatic hydroxyl groups is 2. The summed E-state index contributed by atoms with van der Waals surface area (Å²) >= 11 is 1.24. The molecule has 23 heteroatoms. The highest BCUT2D eigenvalue weighted by molar-refractivity contribution is 7.54. The Bertz CT molecular complexity index is 2250. The van der Waals surface area contributed by atoms with Crippen molar-refractivity contribution in [2.45, 2.75) is 174 Å². The fourth-order valence-electron chi connectivity index (χ4n) is 9.44. The number of rotatable bonds is 15. The number of pyridine rings is 1. The van der Waals surface area contributed by atoms with E-state index < -0.39 is 103 Å². The molecule has 0 spiro atoms. The van der Waals surface area contributed by atoms with Crippen LogP contribution in [0.3, 0.4) is 0 Å². The summed E-state index contributed by atoms with van der Waals surface area (Å²) in [5.74, 6) is -6.02. The molecule has 3 saturated heterocycles. The Hall–Kier alpha value is -3.67. The highest BCUT2D eigenvalue weighted by Gasteiger charge is 2.57. The molecule has 3 aliphatic heterocycles. The maximum Gasteiger partial charge on any atom is 0.431 e. The van der Waals surface area contributed by atoms with Crippen LogP contribution in [0.5, 0.6) is 0 Å². The minimum Gasteiger partial charge on any atom is -0.457 e. The van der Waals surface area contributed by atoms with Crippen molar-refractivity contribution in [3.8, 4) is 10.6 Å². The number of hydrogen-bond donors (Lipinski definition) is 4. The van der Waals surface area contributed by atoms with E-state index in [0.717, 1.165) is 13.3 Å². The van der Waals surface area contributed by atoms with Gasteiger partial charge in [0.05, 0.1) is 49.4 Å². The van der Waals surface area contributed by atoms with Gasteiger partial charge in [0.15, 0.2) is 18.7 Å². The van der Waals surface area contributed by atoms with E-state index in [1.54, 1.807) is 65.5 Å². The number of amides is 1. The van der Waals surface area contributed by atoms with Gasteiger partial charge in [-0.15, -0.1) is 11.3 Å². The number of likely N-dealkylation sites (N-methyl/N-ethyl adjacent to an activating group) is 1. The van der Waals surface area contributed by atoms with Gasteiger partial charge in [0, 0.05) is 47.2 Å². The fraction of sp³-hybridized carbons (Fsp3) is 0.729. The largest absolute Gasteiger partial charge is 0.457 e. The lowest BCUT2D eigenvalue weighted by atomic mass is 9.73. The second-order valence-electron chi connectivity index (χ2n) is 19.6. The molecule has 0 saturated carbocycles. The van der Waals surface area contributed by atoms with E-state index in [9.17, 15) is 34.1 Å². The summed E-state index contributed by atoms with van der Waals surface area (Å²) < 4.78 is 66.6. The van der Waals surface area contributed by atoms with Crippen LogP contribution < -0.4 is 5.09 Å². The molecule has 5 rings (SSSR count). The molecule has 3 fully saturated rings. The first-order valence-corrected chi connectivity index (χ1v) is 26.8. The van der Waals surface area contributed by atoms with E-state index >= 15 is 4.39 Å². The predicted molar refractivity (Wildman–Crippen MR) is 263 cm³/mol. The first-order valence-electron chi connectivity index (χ1n) is 24.3. The Morgan fingerprint density at radius 3 is 2.45 bits per heavy atom. The number of esters is 1. The van der Waals surface area contributed by atoms with Gasteiger partial charge in [-0.05, 0) is 85.5 Å². The lowest BCUT2D eigenvalue weighted by Crippen LogP contribution is -2.61. The fourth-order valence-corrected chi connectivity index (χ4v) is 11.1. The van der Waals surface area contributed by atoms with Gasteiger partial charge in [0.25, 0.3) is 5.67 Å². The third-order valence-electron chi connectivity index (χ3n) is 13.4. The number of Topliss-reactive ketones (excluding diaryl/α,β-unsaturated/α-hetero) is 1. The van der Waals surface area contributed by atoms with Crippen molar-refractivity contribution in [3.05, 3.63) is 29.4 Å². The normalized spacial score (nSPS) is 35.6. The maximum atomic E-state index is 17.0. The number of halogens is 1. The van der Waals surface area contributed by atoms with Crippen LogP contribution in [-0.4, -0.2) is 153 Å². The molecular formula is C48H74FN6O14PS. The SMILES string of the molecule is CCCCOP(=O)(O)Nc1csc(-c2ccc(CO/N=C3\CO[C@@H]4[C@@H](C)/C(=N/C(=O)CC)[C@H](C)C[C@@](C)(OC3)[C@H](O[C@@H]3O[C@H](C)C[C@H](N(C)C)[C@H]3O)[C@@H](C)C(=O)[C@](C)(F)C(=O)O[C@H](CC)[C@@]4(C)O)nc2)n1. The zero-order valence-corrected chi connectivity index (χ0v) is 44.7. The molecule has 3 aliphatic rings. The third kappa shape index (κ3) is 14.3. The second kappa shape index (κ2) is 24.6. The molecule has 0 aromatic carbocycles. The summed E-state index contributed by atoms with van der Waals surface area (Å²) in [7, 11) is -0.499. The molecule has 71 heavy (non-hydrogen) atoms. The number of cyclic esters (lactones) is 1. The molecule has 1 unspecified atom stereocenters. The number of unbranched alkanes of at least 4 members (excludes halogenated alkanes) is 1. The van der Waals surface area contributed by atoms with Gasteiger partial charge >= 0.3 is 13.7 Å². The van der Waals surface area contributed by atoms with E-state index in [4.69, 9.17) is 33.0 Å². The molecule has 2 aromatic rings. The average molecular weight is 1040 g/mol. The number of oxime groups is 1. The van der Waals surface area contributed by atoms with Gasteiger partial charge in [-0.1, -0.05) is 53.1 Å². The van der Waals surface area contributed by atoms with Crippen molar-refractivity contribution in [1.82, 2.24) is 14.9 Å². The van der Waals surface area contributed by atoms with E-state index in [1.807, 2.05) is 25.7 Å². The molecule has 0 radical (unpaired) electrons. The van der Waals surface area contributed by atoms with Crippen molar-refractivity contribution in [2.75, 3.05) is 39.0 Å². The minimum atomic E-state index is -4.11. The Balaban J connectivity index is 1.57. The Kier molecular flexibility index (Phi) is 20.2. The zero-order valence-electron chi connectivity index (χ0n) is 43.0. The quantitative estimate of drug-likeness (QED) is 0.0491. The van der Waals surface area contributed by atoms with E-state index in [0.29, 0.717) is 34.8 Å². The maximum absolute atomic E-state index is 17.0. The molecule has 14 atom stereocenters. The summed E-state index contributed by atoms with van der Waals surface area (Å²) in [6, 6.07) is 3.01. The number of alkyl halides is 1. The molecule has 2 bridgehead atoms. The molecule has 4 N–H and O–H groups in total. The molecule has 2 aromatic heterocycles. The highest BCUT2D eigenvalue weighted by Crippen LogP contribution is 2.44. The molecule has 398 valence electrons. The number of hydrogen-bond acceptors (Lipinski definition) is 18. The number of anilines is 1. The second-order valence-corrected chi connectivity index (χ2v) is 22.0. The molecule has 5 heterocycles. The Labute approximate surface area is 420 Å². The summed E-state index contributed by atoms with van der Waals surface area (Å²) in [5.41, 5.74) is -5.41. The van der Waals surface area contributed by atoms with Crippen LogP contribution in [0, 0.1) is 17.8 Å². The van der Waals surface area contributed by atoms with Gasteiger partial charge in [-0.25, -0.2) is 23.7 Å². The first kappa shape index (κ1) is 58.2. The first-order chi connectivity index (χ1) is 33.3. The van der Waals surface area contributed by atoms with Crippen LogP contribution in [-0.2, 0) is 58.6 Å². The number of ketones is 1. The number of nitrogens with zero attached hydrogens (tertiary/aromatic N) is 5. The number of aromatic nitrogens is 2. The lowest BCUT2D eigenvalue weighted by Gasteiger charge is -2.47. The average Bonchev–Trinajstić information content (AvgIpc) is 3.77. The number of nitrogens with one attached hydrogen (secondary N) is 1. The molecule has 20 nitrogen and oxygen atoms in total. The Morgan fingerprint density at radius 1 is 1.10 bits per heavy atom. The summed E-state index contributed by atoms with van der Waals surface area (Å²) in [6.07, 6.45) is -3.73. The Morgan fingerprint density at radius 2 is 1.82 bits per heavy atom. The van der Waals surface area contributed by atoms with Crippen molar-refractivity contribution < 1.29 is 71.5 Å². The number of fused-ring (bicyclic) bond motifs is 5. The molecule has 0 aliphatic carbocycles. The number of thiazole rings is 1. The van der Waals surface area contributed by atoms with E-state index in [2.05, 4.69) is 25.2 Å². The number of ether oxygens (including phenoxy) is 5. The van der Waals surface area contributed by atoms with Crippen LogP contribution >= 0.6 is 19.1 Å². The topological polar surface area (TPSA) is 259 Å².